The Morgan fingerprint density at radius 1 is 1.16 bits per heavy atom. The number of alkyl halides is 2. The highest BCUT2D eigenvalue weighted by Gasteiger charge is 2.22. The van der Waals surface area contributed by atoms with Crippen molar-refractivity contribution in [3.8, 4) is 5.75 Å². The van der Waals surface area contributed by atoms with Crippen LogP contribution in [0.2, 0.25) is 0 Å². The van der Waals surface area contributed by atoms with Crippen molar-refractivity contribution in [2.24, 2.45) is 5.92 Å². The number of aromatic amines is 1. The maximum absolute atomic E-state index is 12.5. The summed E-state index contributed by atoms with van der Waals surface area (Å²) in [5, 5.41) is 13.3. The molecule has 0 amide bonds. The molecule has 1 aromatic heterocycles. The molecule has 2 aromatic carbocycles. The number of aryl methyl sites for hydroxylation is 1. The number of carboxylic acids is 1. The highest BCUT2D eigenvalue weighted by atomic mass is 19.3. The van der Waals surface area contributed by atoms with E-state index in [2.05, 4.69) is 34.3 Å². The number of rotatable bonds is 9. The Labute approximate surface area is 216 Å². The third kappa shape index (κ3) is 7.20. The highest BCUT2D eigenvalue weighted by Crippen LogP contribution is 2.32. The maximum atomic E-state index is 12.5. The van der Waals surface area contributed by atoms with Crippen molar-refractivity contribution < 1.29 is 23.4 Å². The maximum Gasteiger partial charge on any atom is 0.337 e. The summed E-state index contributed by atoms with van der Waals surface area (Å²) in [6.45, 7) is 6.59. The largest absolute Gasteiger partial charge is 0.496 e. The van der Waals surface area contributed by atoms with Crippen LogP contribution in [0.25, 0.3) is 10.9 Å². The number of aromatic carboxylic acids is 1. The number of fused-ring (bicyclic) bond motifs is 1. The number of hydrogen-bond donors (Lipinski definition) is 3. The molecule has 0 radical (unpaired) electrons. The van der Waals surface area contributed by atoms with Crippen LogP contribution < -0.4 is 10.1 Å². The highest BCUT2D eigenvalue weighted by molar-refractivity contribution is 5.94. The van der Waals surface area contributed by atoms with E-state index in [-0.39, 0.29) is 6.54 Å². The van der Waals surface area contributed by atoms with Crippen molar-refractivity contribution in [2.45, 2.75) is 32.7 Å². The van der Waals surface area contributed by atoms with Crippen LogP contribution in [-0.4, -0.2) is 78.7 Å². The lowest BCUT2D eigenvalue weighted by molar-refractivity contribution is 0.0542. The number of para-hydroxylation sites is 1. The lowest BCUT2D eigenvalue weighted by Gasteiger charge is -2.34. The van der Waals surface area contributed by atoms with Gasteiger partial charge in [-0.1, -0.05) is 12.1 Å². The molecule has 3 N–H and O–H groups in total. The zero-order valence-corrected chi connectivity index (χ0v) is 21.5. The first-order valence-corrected chi connectivity index (χ1v) is 12.8. The first-order chi connectivity index (χ1) is 17.9. The molecule has 1 aliphatic heterocycles. The number of hydrogen-bond acceptors (Lipinski definition) is 5. The normalized spacial score (nSPS) is 16.5. The zero-order chi connectivity index (χ0) is 26.4. The molecule has 37 heavy (non-hydrogen) atoms. The van der Waals surface area contributed by atoms with E-state index in [0.29, 0.717) is 18.7 Å². The smallest absolute Gasteiger partial charge is 0.337 e. The van der Waals surface area contributed by atoms with E-state index in [4.69, 9.17) is 9.84 Å². The minimum Gasteiger partial charge on any atom is -0.496 e. The van der Waals surface area contributed by atoms with Gasteiger partial charge in [-0.15, -0.1) is 0 Å². The van der Waals surface area contributed by atoms with Crippen LogP contribution >= 0.6 is 0 Å². The van der Waals surface area contributed by atoms with Crippen LogP contribution in [0.1, 0.15) is 34.3 Å². The summed E-state index contributed by atoms with van der Waals surface area (Å²) in [6, 6.07) is 11.2. The first-order valence-electron chi connectivity index (χ1n) is 12.8. The Balaban J connectivity index is 0.000000195. The fraction of sp³-hybridized carbons (Fsp3) is 0.464. The van der Waals surface area contributed by atoms with Gasteiger partial charge in [-0.25, -0.2) is 13.6 Å². The number of H-pyrrole nitrogens is 1. The molecule has 1 saturated heterocycles. The van der Waals surface area contributed by atoms with Gasteiger partial charge in [0.15, 0.2) is 0 Å². The Morgan fingerprint density at radius 3 is 2.51 bits per heavy atom. The summed E-state index contributed by atoms with van der Waals surface area (Å²) >= 11 is 0. The number of aromatic nitrogens is 1. The summed E-state index contributed by atoms with van der Waals surface area (Å²) in [6.07, 6.45) is 2.23. The number of benzene rings is 2. The van der Waals surface area contributed by atoms with Gasteiger partial charge in [0.1, 0.15) is 5.75 Å². The van der Waals surface area contributed by atoms with E-state index in [1.54, 1.807) is 19.2 Å². The molecule has 3 aromatic rings. The van der Waals surface area contributed by atoms with Crippen molar-refractivity contribution in [2.75, 3.05) is 51.7 Å². The summed E-state index contributed by atoms with van der Waals surface area (Å²) in [5.41, 5.74) is 4.54. The predicted octanol–water partition coefficient (Wildman–Crippen LogP) is 5.07. The number of nitrogens with zero attached hydrogens (tertiary/aromatic N) is 2. The van der Waals surface area contributed by atoms with Gasteiger partial charge in [0.25, 0.3) is 6.43 Å². The molecule has 1 aliphatic carbocycles. The topological polar surface area (TPSA) is 80.8 Å². The van der Waals surface area contributed by atoms with Gasteiger partial charge in [-0.2, -0.15) is 0 Å². The third-order valence-corrected chi connectivity index (χ3v) is 7.01. The lowest BCUT2D eigenvalue weighted by Crippen LogP contribution is -2.47. The molecular weight excluding hydrogens is 478 g/mol. The first kappa shape index (κ1) is 26.9. The number of ether oxygens (including phenoxy) is 1. The molecule has 5 rings (SSSR count). The van der Waals surface area contributed by atoms with Crippen molar-refractivity contribution in [3.05, 3.63) is 59.3 Å². The van der Waals surface area contributed by atoms with Gasteiger partial charge < -0.3 is 20.1 Å². The van der Waals surface area contributed by atoms with E-state index >= 15 is 0 Å². The fourth-order valence-corrected chi connectivity index (χ4v) is 4.73. The van der Waals surface area contributed by atoms with Gasteiger partial charge >= 0.3 is 5.97 Å². The SMILES string of the molecule is COc1cc(C)c2[nH]ccc2c1CN1CCN(CC(F)F)CC1.O=C(O)c1ccccc1NCC1CC1. The van der Waals surface area contributed by atoms with E-state index in [0.717, 1.165) is 60.2 Å². The molecule has 2 heterocycles. The molecule has 2 fully saturated rings. The Kier molecular flexibility index (Phi) is 9.00. The van der Waals surface area contributed by atoms with Crippen molar-refractivity contribution in [1.29, 1.82) is 0 Å². The van der Waals surface area contributed by atoms with E-state index in [9.17, 15) is 13.6 Å². The molecule has 7 nitrogen and oxygen atoms in total. The summed E-state index contributed by atoms with van der Waals surface area (Å²) in [4.78, 5) is 18.3. The Hall–Kier alpha value is -3.17. The number of piperazine rings is 1. The van der Waals surface area contributed by atoms with Crippen LogP contribution in [0, 0.1) is 12.8 Å². The molecule has 0 spiro atoms. The Bertz CT molecular complexity index is 1190. The van der Waals surface area contributed by atoms with Crippen molar-refractivity contribution in [3.63, 3.8) is 0 Å². The molecule has 0 atom stereocenters. The number of nitrogens with one attached hydrogen (secondary N) is 2. The van der Waals surface area contributed by atoms with Crippen LogP contribution in [0.15, 0.2) is 42.6 Å². The summed E-state index contributed by atoms with van der Waals surface area (Å²) in [7, 11) is 1.69. The quantitative estimate of drug-likeness (QED) is 0.370. The number of carbonyl (C=O) groups is 1. The van der Waals surface area contributed by atoms with Crippen LogP contribution in [0.3, 0.4) is 0 Å². The molecule has 200 valence electrons. The third-order valence-electron chi connectivity index (χ3n) is 7.01. The minimum atomic E-state index is -2.25. The van der Waals surface area contributed by atoms with E-state index < -0.39 is 12.4 Å². The van der Waals surface area contributed by atoms with Crippen LogP contribution in [0.5, 0.6) is 5.75 Å². The molecule has 1 saturated carbocycles. The monoisotopic (exact) mass is 514 g/mol. The van der Waals surface area contributed by atoms with Crippen LogP contribution in [0.4, 0.5) is 14.5 Å². The fourth-order valence-electron chi connectivity index (χ4n) is 4.73. The van der Waals surface area contributed by atoms with Gasteiger partial charge in [-0.3, -0.25) is 9.80 Å². The van der Waals surface area contributed by atoms with E-state index in [1.165, 1.54) is 18.2 Å². The molecule has 9 heteroatoms. The predicted molar refractivity (Wildman–Crippen MR) is 142 cm³/mol. The van der Waals surface area contributed by atoms with Gasteiger partial charge in [-0.05, 0) is 55.5 Å². The van der Waals surface area contributed by atoms with Gasteiger partial charge in [0, 0.05) is 67.6 Å². The van der Waals surface area contributed by atoms with E-state index in [1.807, 2.05) is 23.2 Å². The number of anilines is 1. The second-order valence-electron chi connectivity index (χ2n) is 9.78. The zero-order valence-electron chi connectivity index (χ0n) is 21.5. The average molecular weight is 515 g/mol. The summed E-state index contributed by atoms with van der Waals surface area (Å²) < 4.78 is 30.5. The summed E-state index contributed by atoms with van der Waals surface area (Å²) in [5.74, 6) is 0.769. The van der Waals surface area contributed by atoms with Gasteiger partial charge in [0.2, 0.25) is 0 Å². The average Bonchev–Trinajstić information content (AvgIpc) is 3.58. The van der Waals surface area contributed by atoms with Crippen LogP contribution in [-0.2, 0) is 6.54 Å². The van der Waals surface area contributed by atoms with Gasteiger partial charge in [0.05, 0.1) is 19.2 Å². The Morgan fingerprint density at radius 2 is 1.86 bits per heavy atom. The second kappa shape index (κ2) is 12.4. The number of halogens is 2. The lowest BCUT2D eigenvalue weighted by atomic mass is 10.0. The van der Waals surface area contributed by atoms with Crippen molar-refractivity contribution in [1.82, 2.24) is 14.8 Å². The standard InChI is InChI=1S/C17H23F2N3O.C11H13NO2/c1-12-9-15(23-2)14(13-3-4-20-17(12)13)10-21-5-7-22(8-6-21)11-16(18)19;13-11(14)9-3-1-2-4-10(9)12-7-8-5-6-8/h3-4,9,16,20H,5-8,10-11H2,1-2H3;1-4,8,12H,5-7H2,(H,13,14). The van der Waals surface area contributed by atoms with Crippen molar-refractivity contribution >= 4 is 22.6 Å². The second-order valence-corrected chi connectivity index (χ2v) is 9.78. The molecule has 0 unspecified atom stereocenters. The number of methoxy groups -OCH3 is 1. The molecule has 0 bridgehead atoms. The molecular formula is C28H36F2N4O3. The number of carboxylic acid groups (broad SMARTS) is 1. The minimum absolute atomic E-state index is 0.121. The molecule has 2 aliphatic rings.